The molecule has 2 unspecified atom stereocenters. The number of nitrogens with two attached hydrogens (primary N) is 1. The van der Waals surface area contributed by atoms with Crippen LogP contribution >= 0.6 is 12.4 Å². The van der Waals surface area contributed by atoms with Crippen LogP contribution in [0.5, 0.6) is 0 Å². The molecular formula is C19H31ClN2O. The molecule has 1 saturated carbocycles. The molecule has 1 aromatic rings. The smallest absolute Gasteiger partial charge is 0.222 e. The summed E-state index contributed by atoms with van der Waals surface area (Å²) in [4.78, 5) is 14.2. The predicted octanol–water partition coefficient (Wildman–Crippen LogP) is 4.10. The molecule has 1 aliphatic rings. The van der Waals surface area contributed by atoms with Crippen molar-refractivity contribution in [1.82, 2.24) is 4.90 Å². The van der Waals surface area contributed by atoms with E-state index < -0.39 is 0 Å². The third-order valence-electron chi connectivity index (χ3n) is 4.90. The number of carbonyl (C=O) groups is 1. The molecule has 2 rings (SSSR count). The number of halogens is 1. The Morgan fingerprint density at radius 2 is 1.83 bits per heavy atom. The van der Waals surface area contributed by atoms with Gasteiger partial charge in [-0.25, -0.2) is 0 Å². The van der Waals surface area contributed by atoms with Crippen molar-refractivity contribution in [3.05, 3.63) is 35.4 Å². The molecule has 23 heavy (non-hydrogen) atoms. The van der Waals surface area contributed by atoms with E-state index in [9.17, 15) is 4.79 Å². The van der Waals surface area contributed by atoms with Crippen molar-refractivity contribution in [3.8, 4) is 0 Å². The van der Waals surface area contributed by atoms with Crippen molar-refractivity contribution in [2.75, 3.05) is 7.05 Å². The molecule has 0 bridgehead atoms. The van der Waals surface area contributed by atoms with E-state index in [2.05, 4.69) is 38.1 Å². The van der Waals surface area contributed by atoms with Gasteiger partial charge in [-0.3, -0.25) is 4.79 Å². The maximum Gasteiger partial charge on any atom is 0.222 e. The lowest BCUT2D eigenvalue weighted by Crippen LogP contribution is -2.37. The normalized spacial score (nSPS) is 20.9. The average Bonchev–Trinajstić information content (AvgIpc) is 2.50. The summed E-state index contributed by atoms with van der Waals surface area (Å²) >= 11 is 0. The topological polar surface area (TPSA) is 46.3 Å². The molecule has 1 amide bonds. The Labute approximate surface area is 147 Å². The molecule has 3 nitrogen and oxygen atoms in total. The van der Waals surface area contributed by atoms with Crippen LogP contribution in [0.25, 0.3) is 0 Å². The van der Waals surface area contributed by atoms with Crippen molar-refractivity contribution < 1.29 is 4.79 Å². The second-order valence-corrected chi connectivity index (χ2v) is 7.06. The van der Waals surface area contributed by atoms with Gasteiger partial charge in [0.15, 0.2) is 0 Å². The zero-order valence-corrected chi connectivity index (χ0v) is 15.4. The second kappa shape index (κ2) is 9.29. The summed E-state index contributed by atoms with van der Waals surface area (Å²) in [6.07, 6.45) is 5.19. The Hall–Kier alpha value is -1.06. The molecule has 2 atom stereocenters. The van der Waals surface area contributed by atoms with E-state index in [0.717, 1.165) is 12.8 Å². The highest BCUT2D eigenvalue weighted by Crippen LogP contribution is 2.26. The van der Waals surface area contributed by atoms with Gasteiger partial charge >= 0.3 is 0 Å². The first-order chi connectivity index (χ1) is 10.5. The van der Waals surface area contributed by atoms with Gasteiger partial charge in [0, 0.05) is 26.1 Å². The fourth-order valence-corrected chi connectivity index (χ4v) is 3.24. The Balaban J connectivity index is 0.00000264. The summed E-state index contributed by atoms with van der Waals surface area (Å²) in [5.74, 6) is 1.13. The van der Waals surface area contributed by atoms with Crippen molar-refractivity contribution in [1.29, 1.82) is 0 Å². The lowest BCUT2D eigenvalue weighted by molar-refractivity contribution is -0.131. The summed E-state index contributed by atoms with van der Waals surface area (Å²) in [7, 11) is 1.90. The maximum absolute atomic E-state index is 12.4. The van der Waals surface area contributed by atoms with Gasteiger partial charge in [0.1, 0.15) is 0 Å². The Morgan fingerprint density at radius 1 is 1.22 bits per heavy atom. The molecule has 0 aliphatic heterocycles. The van der Waals surface area contributed by atoms with Crippen molar-refractivity contribution in [2.45, 2.75) is 64.5 Å². The van der Waals surface area contributed by atoms with Crippen LogP contribution in [-0.4, -0.2) is 23.9 Å². The van der Waals surface area contributed by atoms with Crippen LogP contribution in [0.4, 0.5) is 0 Å². The molecule has 0 radical (unpaired) electrons. The third kappa shape index (κ3) is 5.82. The summed E-state index contributed by atoms with van der Waals surface area (Å²) in [6, 6.07) is 8.79. The molecule has 0 aromatic heterocycles. The van der Waals surface area contributed by atoms with Crippen LogP contribution in [0.2, 0.25) is 0 Å². The quantitative estimate of drug-likeness (QED) is 0.878. The molecule has 0 heterocycles. The first-order valence-electron chi connectivity index (χ1n) is 8.55. The monoisotopic (exact) mass is 338 g/mol. The van der Waals surface area contributed by atoms with E-state index in [4.69, 9.17) is 5.73 Å². The number of hydrogen-bond donors (Lipinski definition) is 1. The Morgan fingerprint density at radius 3 is 2.39 bits per heavy atom. The third-order valence-corrected chi connectivity index (χ3v) is 4.90. The molecule has 1 aliphatic carbocycles. The summed E-state index contributed by atoms with van der Waals surface area (Å²) < 4.78 is 0. The van der Waals surface area contributed by atoms with Crippen molar-refractivity contribution >= 4 is 18.3 Å². The molecule has 130 valence electrons. The van der Waals surface area contributed by atoms with E-state index in [1.54, 1.807) is 0 Å². The van der Waals surface area contributed by atoms with Gasteiger partial charge in [0.2, 0.25) is 5.91 Å². The lowest BCUT2D eigenvalue weighted by Gasteiger charge is -2.29. The van der Waals surface area contributed by atoms with E-state index in [1.807, 2.05) is 11.9 Å². The van der Waals surface area contributed by atoms with Crippen LogP contribution in [-0.2, 0) is 11.3 Å². The molecule has 2 N–H and O–H groups in total. The Bertz CT molecular complexity index is 487. The number of rotatable bonds is 5. The van der Waals surface area contributed by atoms with Gasteiger partial charge in [0.05, 0.1) is 0 Å². The van der Waals surface area contributed by atoms with E-state index in [0.29, 0.717) is 24.8 Å². The lowest BCUT2D eigenvalue weighted by atomic mass is 9.83. The standard InChI is InChI=1S/C19H30N2O.ClH/c1-14(2)16-10-8-15(9-11-16)13-21(3)19(22)12-17-6-4-5-7-18(17)20;/h8-11,14,17-18H,4-7,12-13,20H2,1-3H3;1H. The highest BCUT2D eigenvalue weighted by atomic mass is 35.5. The highest BCUT2D eigenvalue weighted by molar-refractivity contribution is 5.85. The van der Waals surface area contributed by atoms with Crippen molar-refractivity contribution in [2.24, 2.45) is 11.7 Å². The summed E-state index contributed by atoms with van der Waals surface area (Å²) in [6.45, 7) is 5.06. The highest BCUT2D eigenvalue weighted by Gasteiger charge is 2.25. The van der Waals surface area contributed by atoms with Gasteiger partial charge in [0.25, 0.3) is 0 Å². The van der Waals surface area contributed by atoms with Gasteiger partial charge < -0.3 is 10.6 Å². The fraction of sp³-hybridized carbons (Fsp3) is 0.632. The van der Waals surface area contributed by atoms with E-state index in [1.165, 1.54) is 24.0 Å². The van der Waals surface area contributed by atoms with Crippen LogP contribution in [0.15, 0.2) is 24.3 Å². The Kier molecular flexibility index (Phi) is 8.07. The number of benzene rings is 1. The molecule has 4 heteroatoms. The second-order valence-electron chi connectivity index (χ2n) is 7.06. The van der Waals surface area contributed by atoms with Crippen LogP contribution in [0.1, 0.15) is 63.0 Å². The van der Waals surface area contributed by atoms with Crippen molar-refractivity contribution in [3.63, 3.8) is 0 Å². The van der Waals surface area contributed by atoms with Gasteiger partial charge in [-0.1, -0.05) is 51.0 Å². The molecule has 1 fully saturated rings. The first kappa shape index (κ1) is 20.0. The van der Waals surface area contributed by atoms with Gasteiger partial charge in [-0.2, -0.15) is 0 Å². The fourth-order valence-electron chi connectivity index (χ4n) is 3.24. The van der Waals surface area contributed by atoms with Gasteiger partial charge in [-0.05, 0) is 35.8 Å². The van der Waals surface area contributed by atoms with Crippen LogP contribution in [0.3, 0.4) is 0 Å². The zero-order chi connectivity index (χ0) is 16.1. The van der Waals surface area contributed by atoms with Gasteiger partial charge in [-0.15, -0.1) is 12.4 Å². The van der Waals surface area contributed by atoms with E-state index >= 15 is 0 Å². The van der Waals surface area contributed by atoms with Crippen LogP contribution < -0.4 is 5.73 Å². The number of carbonyl (C=O) groups excluding carboxylic acids is 1. The molecular weight excluding hydrogens is 308 g/mol. The zero-order valence-electron chi connectivity index (χ0n) is 14.6. The SMILES string of the molecule is CC(C)c1ccc(CN(C)C(=O)CC2CCCCC2N)cc1.Cl. The number of hydrogen-bond acceptors (Lipinski definition) is 2. The average molecular weight is 339 g/mol. The minimum absolute atomic E-state index is 0. The predicted molar refractivity (Wildman–Crippen MR) is 98.8 cm³/mol. The van der Waals surface area contributed by atoms with Crippen LogP contribution in [0, 0.1) is 5.92 Å². The van der Waals surface area contributed by atoms with E-state index in [-0.39, 0.29) is 24.4 Å². The largest absolute Gasteiger partial charge is 0.341 e. The minimum atomic E-state index is 0. The molecule has 0 spiro atoms. The molecule has 0 saturated heterocycles. The number of amides is 1. The maximum atomic E-state index is 12.4. The summed E-state index contributed by atoms with van der Waals surface area (Å²) in [5.41, 5.74) is 8.68. The number of nitrogens with zero attached hydrogens (tertiary/aromatic N) is 1. The first-order valence-corrected chi connectivity index (χ1v) is 8.55. The molecule has 1 aromatic carbocycles. The minimum Gasteiger partial charge on any atom is -0.341 e. The summed E-state index contributed by atoms with van der Waals surface area (Å²) in [5, 5.41) is 0.